The molecular weight excluding hydrogens is 399 g/mol. The van der Waals surface area contributed by atoms with Crippen LogP contribution in [0.3, 0.4) is 0 Å². The normalized spacial score (nSPS) is 15.2. The maximum absolute atomic E-state index is 13.4. The first-order chi connectivity index (χ1) is 14.6. The van der Waals surface area contributed by atoms with Gasteiger partial charge in [-0.05, 0) is 56.0 Å². The van der Waals surface area contributed by atoms with Crippen LogP contribution in [0.1, 0.15) is 31.7 Å². The third-order valence-electron chi connectivity index (χ3n) is 5.30. The first-order valence-electron chi connectivity index (χ1n) is 10.3. The van der Waals surface area contributed by atoms with Gasteiger partial charge < -0.3 is 4.90 Å². The van der Waals surface area contributed by atoms with Gasteiger partial charge in [-0.1, -0.05) is 42.1 Å². The Morgan fingerprint density at radius 2 is 1.73 bits per heavy atom. The predicted octanol–water partition coefficient (Wildman–Crippen LogP) is 4.63. The Balaban J connectivity index is 1.61. The number of nitrogens with zero attached hydrogens (tertiary/aromatic N) is 4. The summed E-state index contributed by atoms with van der Waals surface area (Å²) in [6.07, 6.45) is 3.34. The van der Waals surface area contributed by atoms with Crippen LogP contribution >= 0.6 is 11.8 Å². The van der Waals surface area contributed by atoms with E-state index in [4.69, 9.17) is 0 Å². The Morgan fingerprint density at radius 1 is 1.03 bits per heavy atom. The van der Waals surface area contributed by atoms with Gasteiger partial charge in [-0.15, -0.1) is 10.2 Å². The largest absolute Gasteiger partial charge is 0.342 e. The number of aromatic nitrogens is 3. The van der Waals surface area contributed by atoms with Crippen LogP contribution in [-0.2, 0) is 11.3 Å². The molecule has 0 N–H and O–H groups in total. The summed E-state index contributed by atoms with van der Waals surface area (Å²) in [6, 6.07) is 16.3. The lowest BCUT2D eigenvalue weighted by molar-refractivity contribution is -0.131. The molecule has 0 spiro atoms. The van der Waals surface area contributed by atoms with E-state index in [9.17, 15) is 9.18 Å². The number of hydrogen-bond donors (Lipinski definition) is 0. The van der Waals surface area contributed by atoms with Gasteiger partial charge in [0.05, 0.1) is 11.8 Å². The fraction of sp³-hybridized carbons (Fsp3) is 0.348. The molecule has 5 nitrogen and oxygen atoms in total. The first kappa shape index (κ1) is 20.6. The Bertz CT molecular complexity index is 984. The third-order valence-corrected chi connectivity index (χ3v) is 6.37. The second-order valence-electron chi connectivity index (χ2n) is 7.53. The molecule has 0 aliphatic carbocycles. The van der Waals surface area contributed by atoms with Crippen LogP contribution in [0, 0.1) is 5.82 Å². The predicted molar refractivity (Wildman–Crippen MR) is 117 cm³/mol. The van der Waals surface area contributed by atoms with Crippen molar-refractivity contribution in [1.82, 2.24) is 19.7 Å². The lowest BCUT2D eigenvalue weighted by atomic mass is 10.1. The average molecular weight is 425 g/mol. The molecular formula is C23H25FN4OS. The number of carbonyl (C=O) groups is 1. The van der Waals surface area contributed by atoms with E-state index in [0.29, 0.717) is 17.5 Å². The molecule has 1 saturated heterocycles. The first-order valence-corrected chi connectivity index (χ1v) is 11.2. The number of hydrogen-bond acceptors (Lipinski definition) is 4. The zero-order valence-corrected chi connectivity index (χ0v) is 17.8. The number of thioether (sulfide) groups is 1. The molecule has 3 aromatic rings. The van der Waals surface area contributed by atoms with Crippen LogP contribution < -0.4 is 0 Å². The van der Waals surface area contributed by atoms with Crippen LogP contribution in [0.15, 0.2) is 59.8 Å². The van der Waals surface area contributed by atoms with Gasteiger partial charge in [0, 0.05) is 18.7 Å². The standard InChI is InChI=1S/C23H25FN4OS/c1-17(22(29)27-14-6-3-7-15-27)30-23-26-25-21(19-10-12-20(24)13-11-19)28(23)16-18-8-4-2-5-9-18/h2,4-5,8-13,17H,3,6-7,14-16H2,1H3. The molecule has 0 radical (unpaired) electrons. The maximum Gasteiger partial charge on any atom is 0.235 e. The van der Waals surface area contributed by atoms with Gasteiger partial charge in [0.15, 0.2) is 11.0 Å². The molecule has 1 aromatic heterocycles. The minimum atomic E-state index is -0.289. The summed E-state index contributed by atoms with van der Waals surface area (Å²) >= 11 is 1.43. The second-order valence-corrected chi connectivity index (χ2v) is 8.84. The summed E-state index contributed by atoms with van der Waals surface area (Å²) in [6.45, 7) is 4.18. The zero-order chi connectivity index (χ0) is 20.9. The van der Waals surface area contributed by atoms with Crippen molar-refractivity contribution in [1.29, 1.82) is 0 Å². The SMILES string of the molecule is CC(Sc1nnc(-c2ccc(F)cc2)n1Cc1ccccc1)C(=O)N1CCCCC1. The van der Waals surface area contributed by atoms with Crippen molar-refractivity contribution in [2.24, 2.45) is 0 Å². The van der Waals surface area contributed by atoms with Crippen molar-refractivity contribution in [2.75, 3.05) is 13.1 Å². The van der Waals surface area contributed by atoms with Gasteiger partial charge >= 0.3 is 0 Å². The number of amides is 1. The molecule has 2 aromatic carbocycles. The Labute approximate surface area is 180 Å². The highest BCUT2D eigenvalue weighted by molar-refractivity contribution is 8.00. The number of carbonyl (C=O) groups excluding carboxylic acids is 1. The maximum atomic E-state index is 13.4. The molecule has 30 heavy (non-hydrogen) atoms. The smallest absolute Gasteiger partial charge is 0.235 e. The lowest BCUT2D eigenvalue weighted by Crippen LogP contribution is -2.40. The monoisotopic (exact) mass is 424 g/mol. The average Bonchev–Trinajstić information content (AvgIpc) is 3.17. The van der Waals surface area contributed by atoms with Gasteiger partial charge in [0.1, 0.15) is 5.82 Å². The number of piperidine rings is 1. The van der Waals surface area contributed by atoms with Crippen LogP contribution in [0.4, 0.5) is 4.39 Å². The molecule has 1 atom stereocenters. The van der Waals surface area contributed by atoms with Crippen LogP contribution in [-0.4, -0.2) is 43.9 Å². The fourth-order valence-electron chi connectivity index (χ4n) is 3.68. The van der Waals surface area contributed by atoms with E-state index in [2.05, 4.69) is 10.2 Å². The molecule has 1 aliphatic rings. The molecule has 1 unspecified atom stereocenters. The topological polar surface area (TPSA) is 51.0 Å². The molecule has 0 saturated carbocycles. The van der Waals surface area contributed by atoms with Gasteiger partial charge in [0.25, 0.3) is 0 Å². The highest BCUT2D eigenvalue weighted by atomic mass is 32.2. The highest BCUT2D eigenvalue weighted by Crippen LogP contribution is 2.29. The summed E-state index contributed by atoms with van der Waals surface area (Å²) in [5.41, 5.74) is 1.90. The van der Waals surface area contributed by atoms with E-state index in [-0.39, 0.29) is 17.0 Å². The Morgan fingerprint density at radius 3 is 2.43 bits per heavy atom. The summed E-state index contributed by atoms with van der Waals surface area (Å²) < 4.78 is 15.4. The number of rotatable bonds is 6. The van der Waals surface area contributed by atoms with Gasteiger partial charge in [-0.25, -0.2) is 4.39 Å². The summed E-state index contributed by atoms with van der Waals surface area (Å²) in [5.74, 6) is 0.527. The summed E-state index contributed by atoms with van der Waals surface area (Å²) in [5, 5.41) is 9.22. The van der Waals surface area contributed by atoms with E-state index in [1.165, 1.54) is 30.3 Å². The van der Waals surface area contributed by atoms with E-state index in [1.807, 2.05) is 46.7 Å². The summed E-state index contributed by atoms with van der Waals surface area (Å²) in [7, 11) is 0. The fourth-order valence-corrected chi connectivity index (χ4v) is 4.61. The van der Waals surface area contributed by atoms with Crippen molar-refractivity contribution in [3.63, 3.8) is 0 Å². The molecule has 0 bridgehead atoms. The third kappa shape index (κ3) is 4.73. The van der Waals surface area contributed by atoms with Crippen molar-refractivity contribution >= 4 is 17.7 Å². The minimum Gasteiger partial charge on any atom is -0.342 e. The van der Waals surface area contributed by atoms with E-state index in [1.54, 1.807) is 12.1 Å². The molecule has 4 rings (SSSR count). The molecule has 156 valence electrons. The van der Waals surface area contributed by atoms with Crippen LogP contribution in [0.2, 0.25) is 0 Å². The van der Waals surface area contributed by atoms with E-state index < -0.39 is 0 Å². The van der Waals surface area contributed by atoms with Crippen LogP contribution in [0.5, 0.6) is 0 Å². The van der Waals surface area contributed by atoms with Crippen molar-refractivity contribution in [3.8, 4) is 11.4 Å². The Hall–Kier alpha value is -2.67. The summed E-state index contributed by atoms with van der Waals surface area (Å²) in [4.78, 5) is 14.9. The number of benzene rings is 2. The van der Waals surface area contributed by atoms with Crippen molar-refractivity contribution in [2.45, 2.75) is 43.1 Å². The number of halogens is 1. The quantitative estimate of drug-likeness (QED) is 0.542. The van der Waals surface area contributed by atoms with Gasteiger partial charge in [-0.3, -0.25) is 9.36 Å². The molecule has 1 fully saturated rings. The van der Waals surface area contributed by atoms with Crippen LogP contribution in [0.25, 0.3) is 11.4 Å². The highest BCUT2D eigenvalue weighted by Gasteiger charge is 2.25. The molecule has 7 heteroatoms. The molecule has 2 heterocycles. The van der Waals surface area contributed by atoms with Crippen molar-refractivity contribution < 1.29 is 9.18 Å². The second kappa shape index (κ2) is 9.43. The molecule has 1 amide bonds. The molecule has 1 aliphatic heterocycles. The lowest BCUT2D eigenvalue weighted by Gasteiger charge is -2.28. The zero-order valence-electron chi connectivity index (χ0n) is 17.0. The number of likely N-dealkylation sites (tertiary alicyclic amines) is 1. The minimum absolute atomic E-state index is 0.150. The Kier molecular flexibility index (Phi) is 6.47. The van der Waals surface area contributed by atoms with Gasteiger partial charge in [0.2, 0.25) is 5.91 Å². The van der Waals surface area contributed by atoms with E-state index in [0.717, 1.165) is 37.1 Å². The van der Waals surface area contributed by atoms with E-state index >= 15 is 0 Å². The van der Waals surface area contributed by atoms with Gasteiger partial charge in [-0.2, -0.15) is 0 Å². The van der Waals surface area contributed by atoms with Crippen molar-refractivity contribution in [3.05, 3.63) is 66.0 Å².